The first-order valence-corrected chi connectivity index (χ1v) is 8.20. The molecule has 0 unspecified atom stereocenters. The summed E-state index contributed by atoms with van der Waals surface area (Å²) in [6.07, 6.45) is 0.676. The van der Waals surface area contributed by atoms with Crippen LogP contribution in [-0.2, 0) is 11.2 Å². The van der Waals surface area contributed by atoms with E-state index in [-0.39, 0.29) is 5.91 Å². The van der Waals surface area contributed by atoms with Crippen LogP contribution in [0.15, 0.2) is 24.3 Å². The number of nitrogens with one attached hydrogen (secondary N) is 2. The van der Waals surface area contributed by atoms with Crippen molar-refractivity contribution in [3.8, 4) is 0 Å². The topological polar surface area (TPSA) is 71.2 Å². The fourth-order valence-electron chi connectivity index (χ4n) is 2.59. The molecular weight excluding hydrogens is 328 g/mol. The number of benzene rings is 1. The number of hydrogen-bond donors (Lipinski definition) is 2. The lowest BCUT2D eigenvalue weighted by Crippen LogP contribution is -2.26. The summed E-state index contributed by atoms with van der Waals surface area (Å²) in [4.78, 5) is 27.3. The van der Waals surface area contributed by atoms with Gasteiger partial charge in [0.2, 0.25) is 0 Å². The standard InChI is InChI=1S/C18H21ClN2O3/c1-4-24-18(23)15-11(2)16(21-12(15)3)17(22)20-9-8-13-6-5-7-14(19)10-13/h5-7,10,21H,4,8-9H2,1-3H3,(H,20,22). The Morgan fingerprint density at radius 1 is 1.29 bits per heavy atom. The van der Waals surface area contributed by atoms with Crippen LogP contribution in [0.3, 0.4) is 0 Å². The number of esters is 1. The Bertz CT molecular complexity index is 753. The molecule has 0 spiro atoms. The first kappa shape index (κ1) is 18.1. The molecule has 0 saturated carbocycles. The van der Waals surface area contributed by atoms with Crippen molar-refractivity contribution in [2.45, 2.75) is 27.2 Å². The van der Waals surface area contributed by atoms with Crippen LogP contribution in [0.2, 0.25) is 5.02 Å². The molecule has 0 atom stereocenters. The van der Waals surface area contributed by atoms with Gasteiger partial charge in [-0.1, -0.05) is 23.7 Å². The molecule has 0 saturated heterocycles. The van der Waals surface area contributed by atoms with E-state index in [1.54, 1.807) is 20.8 Å². The molecule has 0 bridgehead atoms. The summed E-state index contributed by atoms with van der Waals surface area (Å²) in [6.45, 7) is 6.01. The number of aromatic nitrogens is 1. The third-order valence-electron chi connectivity index (χ3n) is 3.73. The molecule has 1 heterocycles. The number of ether oxygens (including phenoxy) is 1. The predicted molar refractivity (Wildman–Crippen MR) is 93.7 cm³/mol. The number of carbonyl (C=O) groups excluding carboxylic acids is 2. The fraction of sp³-hybridized carbons (Fsp3) is 0.333. The Kier molecular flexibility index (Phi) is 6.04. The molecule has 1 aromatic heterocycles. The quantitative estimate of drug-likeness (QED) is 0.785. The number of hydrogen-bond acceptors (Lipinski definition) is 3. The molecule has 0 radical (unpaired) electrons. The molecule has 0 aliphatic heterocycles. The van der Waals surface area contributed by atoms with E-state index in [0.29, 0.717) is 47.1 Å². The van der Waals surface area contributed by atoms with Gasteiger partial charge in [0, 0.05) is 17.3 Å². The van der Waals surface area contributed by atoms with Crippen LogP contribution < -0.4 is 5.32 Å². The minimum absolute atomic E-state index is 0.242. The maximum absolute atomic E-state index is 12.3. The third-order valence-corrected chi connectivity index (χ3v) is 3.97. The summed E-state index contributed by atoms with van der Waals surface area (Å²) in [5.74, 6) is -0.657. The van der Waals surface area contributed by atoms with Crippen molar-refractivity contribution in [1.29, 1.82) is 0 Å². The summed E-state index contributed by atoms with van der Waals surface area (Å²) in [5.41, 5.74) is 3.10. The Balaban J connectivity index is 2.02. The van der Waals surface area contributed by atoms with E-state index < -0.39 is 5.97 Å². The molecule has 0 aliphatic carbocycles. The van der Waals surface area contributed by atoms with Gasteiger partial charge >= 0.3 is 5.97 Å². The maximum atomic E-state index is 12.3. The van der Waals surface area contributed by atoms with Crippen LogP contribution in [-0.4, -0.2) is 30.0 Å². The number of halogens is 1. The van der Waals surface area contributed by atoms with E-state index in [2.05, 4.69) is 10.3 Å². The first-order chi connectivity index (χ1) is 11.4. The first-order valence-electron chi connectivity index (χ1n) is 7.83. The molecule has 2 aromatic rings. The van der Waals surface area contributed by atoms with Crippen molar-refractivity contribution < 1.29 is 14.3 Å². The van der Waals surface area contributed by atoms with Gasteiger partial charge in [-0.3, -0.25) is 4.79 Å². The second kappa shape index (κ2) is 8.02. The molecule has 0 fully saturated rings. The second-order valence-corrected chi connectivity index (χ2v) is 5.92. The largest absolute Gasteiger partial charge is 0.462 e. The molecule has 128 valence electrons. The molecule has 1 amide bonds. The van der Waals surface area contributed by atoms with Crippen molar-refractivity contribution >= 4 is 23.5 Å². The third kappa shape index (κ3) is 4.17. The van der Waals surface area contributed by atoms with Gasteiger partial charge in [0.1, 0.15) is 5.69 Å². The monoisotopic (exact) mass is 348 g/mol. The summed E-state index contributed by atoms with van der Waals surface area (Å²) >= 11 is 5.94. The zero-order valence-electron chi connectivity index (χ0n) is 14.0. The van der Waals surface area contributed by atoms with E-state index in [0.717, 1.165) is 5.56 Å². The van der Waals surface area contributed by atoms with E-state index in [4.69, 9.17) is 16.3 Å². The van der Waals surface area contributed by atoms with Gasteiger partial charge in [-0.25, -0.2) is 4.79 Å². The number of H-pyrrole nitrogens is 1. The number of aryl methyl sites for hydroxylation is 1. The zero-order chi connectivity index (χ0) is 17.7. The van der Waals surface area contributed by atoms with Crippen molar-refractivity contribution in [1.82, 2.24) is 10.3 Å². The Morgan fingerprint density at radius 2 is 2.04 bits per heavy atom. The van der Waals surface area contributed by atoms with Crippen LogP contribution in [0.5, 0.6) is 0 Å². The van der Waals surface area contributed by atoms with Gasteiger partial charge < -0.3 is 15.0 Å². The molecule has 5 nitrogen and oxygen atoms in total. The van der Waals surface area contributed by atoms with Gasteiger partial charge in [-0.15, -0.1) is 0 Å². The van der Waals surface area contributed by atoms with E-state index in [9.17, 15) is 9.59 Å². The molecule has 2 rings (SSSR count). The fourth-order valence-corrected chi connectivity index (χ4v) is 2.80. The molecular formula is C18H21ClN2O3. The van der Waals surface area contributed by atoms with E-state index in [1.165, 1.54) is 0 Å². The summed E-state index contributed by atoms with van der Waals surface area (Å²) < 4.78 is 5.03. The van der Waals surface area contributed by atoms with Gasteiger partial charge in [-0.2, -0.15) is 0 Å². The van der Waals surface area contributed by atoms with E-state index in [1.807, 2.05) is 24.3 Å². The Labute approximate surface area is 146 Å². The molecule has 0 aliphatic rings. The zero-order valence-corrected chi connectivity index (χ0v) is 14.8. The lowest BCUT2D eigenvalue weighted by molar-refractivity contribution is 0.0525. The van der Waals surface area contributed by atoms with Gasteiger partial charge in [-0.05, 0) is 50.5 Å². The van der Waals surface area contributed by atoms with Crippen LogP contribution in [0.4, 0.5) is 0 Å². The molecule has 24 heavy (non-hydrogen) atoms. The summed E-state index contributed by atoms with van der Waals surface area (Å²) in [6, 6.07) is 7.52. The van der Waals surface area contributed by atoms with Crippen LogP contribution >= 0.6 is 11.6 Å². The maximum Gasteiger partial charge on any atom is 0.340 e. The highest BCUT2D eigenvalue weighted by atomic mass is 35.5. The van der Waals surface area contributed by atoms with Crippen LogP contribution in [0, 0.1) is 13.8 Å². The molecule has 6 heteroatoms. The highest BCUT2D eigenvalue weighted by Gasteiger charge is 2.22. The molecule has 2 N–H and O–H groups in total. The van der Waals surface area contributed by atoms with Gasteiger partial charge in [0.05, 0.1) is 12.2 Å². The van der Waals surface area contributed by atoms with Crippen molar-refractivity contribution in [2.24, 2.45) is 0 Å². The van der Waals surface area contributed by atoms with Crippen LogP contribution in [0.1, 0.15) is 44.6 Å². The van der Waals surface area contributed by atoms with Gasteiger partial charge in [0.25, 0.3) is 5.91 Å². The van der Waals surface area contributed by atoms with Crippen molar-refractivity contribution in [2.75, 3.05) is 13.2 Å². The predicted octanol–water partition coefficient (Wildman–Crippen LogP) is 3.43. The van der Waals surface area contributed by atoms with E-state index >= 15 is 0 Å². The number of amides is 1. The summed E-state index contributed by atoms with van der Waals surface area (Å²) in [5, 5.41) is 3.53. The molecule has 1 aromatic carbocycles. The second-order valence-electron chi connectivity index (χ2n) is 5.48. The average molecular weight is 349 g/mol. The normalized spacial score (nSPS) is 10.5. The summed E-state index contributed by atoms with van der Waals surface area (Å²) in [7, 11) is 0. The highest BCUT2D eigenvalue weighted by Crippen LogP contribution is 2.19. The lowest BCUT2D eigenvalue weighted by Gasteiger charge is -2.06. The SMILES string of the molecule is CCOC(=O)c1c(C)[nH]c(C(=O)NCCc2cccc(Cl)c2)c1C. The average Bonchev–Trinajstić information content (AvgIpc) is 2.82. The van der Waals surface area contributed by atoms with Crippen molar-refractivity contribution in [3.05, 3.63) is 57.4 Å². The van der Waals surface area contributed by atoms with Gasteiger partial charge in [0.15, 0.2) is 0 Å². The number of rotatable bonds is 6. The number of carbonyl (C=O) groups is 2. The highest BCUT2D eigenvalue weighted by molar-refractivity contribution is 6.30. The van der Waals surface area contributed by atoms with Crippen LogP contribution in [0.25, 0.3) is 0 Å². The Morgan fingerprint density at radius 3 is 2.71 bits per heavy atom. The lowest BCUT2D eigenvalue weighted by atomic mass is 10.1. The number of aromatic amines is 1. The smallest absolute Gasteiger partial charge is 0.340 e. The minimum atomic E-state index is -0.415. The minimum Gasteiger partial charge on any atom is -0.462 e. The Hall–Kier alpha value is -2.27. The van der Waals surface area contributed by atoms with Crippen molar-refractivity contribution in [3.63, 3.8) is 0 Å².